The predicted octanol–water partition coefficient (Wildman–Crippen LogP) is 3.40. The minimum atomic E-state index is -3.54. The average molecular weight is 506 g/mol. The number of anilines is 1. The Morgan fingerprint density at radius 1 is 1.17 bits per heavy atom. The molecule has 1 saturated heterocycles. The molecule has 4 heterocycles. The SMILES string of the molecule is Cc1nc2c(-c3ccc(Cl)cc3F)nc(N3C[C@@H](c4cnn(C)c4)OC(F)(F)C3)nc2c(=O)n1C. The molecule has 0 aliphatic carbocycles. The third kappa shape index (κ3) is 4.23. The van der Waals surface area contributed by atoms with Gasteiger partial charge < -0.3 is 9.64 Å². The number of morpholine rings is 1. The fourth-order valence-corrected chi connectivity index (χ4v) is 4.11. The van der Waals surface area contributed by atoms with E-state index in [1.54, 1.807) is 20.2 Å². The molecule has 1 aliphatic heterocycles. The molecule has 0 saturated carbocycles. The van der Waals surface area contributed by atoms with Crippen molar-refractivity contribution in [3.63, 3.8) is 0 Å². The van der Waals surface area contributed by atoms with Gasteiger partial charge in [0.1, 0.15) is 35.5 Å². The van der Waals surface area contributed by atoms with Gasteiger partial charge in [0.25, 0.3) is 5.56 Å². The lowest BCUT2D eigenvalue weighted by Crippen LogP contribution is -2.48. The van der Waals surface area contributed by atoms with Gasteiger partial charge in [-0.3, -0.25) is 14.0 Å². The Kier molecular flexibility index (Phi) is 5.52. The molecule has 1 aromatic carbocycles. The van der Waals surface area contributed by atoms with E-state index in [1.807, 2.05) is 0 Å². The number of halogens is 4. The van der Waals surface area contributed by atoms with Crippen molar-refractivity contribution in [1.82, 2.24) is 29.3 Å². The van der Waals surface area contributed by atoms with E-state index in [0.29, 0.717) is 11.4 Å². The van der Waals surface area contributed by atoms with Gasteiger partial charge in [0.2, 0.25) is 5.95 Å². The summed E-state index contributed by atoms with van der Waals surface area (Å²) in [6.45, 7) is 0.699. The van der Waals surface area contributed by atoms with Gasteiger partial charge >= 0.3 is 6.11 Å². The maximum atomic E-state index is 14.9. The fourth-order valence-electron chi connectivity index (χ4n) is 3.95. The highest BCUT2D eigenvalue weighted by Crippen LogP contribution is 2.36. The second-order valence-electron chi connectivity index (χ2n) is 8.29. The molecule has 182 valence electrons. The number of aromatic nitrogens is 6. The van der Waals surface area contributed by atoms with Crippen molar-refractivity contribution in [2.24, 2.45) is 14.1 Å². The van der Waals surface area contributed by atoms with Crippen molar-refractivity contribution >= 4 is 28.6 Å². The monoisotopic (exact) mass is 505 g/mol. The highest BCUT2D eigenvalue weighted by Gasteiger charge is 2.43. The number of benzene rings is 1. The van der Waals surface area contributed by atoms with Crippen molar-refractivity contribution < 1.29 is 17.9 Å². The normalized spacial score (nSPS) is 17.8. The van der Waals surface area contributed by atoms with Crippen LogP contribution >= 0.6 is 11.6 Å². The number of rotatable bonds is 3. The summed E-state index contributed by atoms with van der Waals surface area (Å²) in [6, 6.07) is 3.95. The van der Waals surface area contributed by atoms with E-state index in [2.05, 4.69) is 20.1 Å². The summed E-state index contributed by atoms with van der Waals surface area (Å²) in [6.07, 6.45) is -1.58. The zero-order valence-corrected chi connectivity index (χ0v) is 19.6. The second kappa shape index (κ2) is 8.31. The Balaban J connectivity index is 1.71. The van der Waals surface area contributed by atoms with Crippen LogP contribution in [0.3, 0.4) is 0 Å². The first kappa shape index (κ1) is 23.2. The number of hydrogen-bond donors (Lipinski definition) is 0. The Hall–Kier alpha value is -3.51. The summed E-state index contributed by atoms with van der Waals surface area (Å²) >= 11 is 5.90. The van der Waals surface area contributed by atoms with Crippen molar-refractivity contribution in [1.29, 1.82) is 0 Å². The molecule has 1 atom stereocenters. The van der Waals surface area contributed by atoms with E-state index in [-0.39, 0.29) is 39.8 Å². The third-order valence-corrected chi connectivity index (χ3v) is 6.02. The zero-order chi connectivity index (χ0) is 25.1. The summed E-state index contributed by atoms with van der Waals surface area (Å²) in [5.74, 6) is -0.533. The summed E-state index contributed by atoms with van der Waals surface area (Å²) in [5.41, 5.74) is -0.148. The lowest BCUT2D eigenvalue weighted by molar-refractivity contribution is -0.269. The molecule has 1 fully saturated rings. The largest absolute Gasteiger partial charge is 0.373 e. The van der Waals surface area contributed by atoms with Gasteiger partial charge in [-0.1, -0.05) is 11.6 Å². The van der Waals surface area contributed by atoms with Crippen LogP contribution in [0.15, 0.2) is 35.4 Å². The summed E-state index contributed by atoms with van der Waals surface area (Å²) in [5, 5.41) is 4.18. The number of alkyl halides is 2. The van der Waals surface area contributed by atoms with E-state index in [9.17, 15) is 18.0 Å². The topological polar surface area (TPSA) is 91.0 Å². The van der Waals surface area contributed by atoms with Crippen LogP contribution in [0.5, 0.6) is 0 Å². The standard InChI is InChI=1S/C22H19ClF3N7O2/c1-11-28-18-17(14-5-4-13(23)6-15(14)24)29-21(30-19(18)20(34)32(11)3)33-9-16(35-22(25,26)10-33)12-7-27-31(2)8-12/h4-8,16H,9-10H2,1-3H3/t16-/m0/s1. The molecule has 4 aromatic rings. The van der Waals surface area contributed by atoms with Gasteiger partial charge in [-0.05, 0) is 25.1 Å². The highest BCUT2D eigenvalue weighted by molar-refractivity contribution is 6.30. The minimum Gasteiger partial charge on any atom is -0.329 e. The maximum absolute atomic E-state index is 14.9. The van der Waals surface area contributed by atoms with Crippen LogP contribution in [-0.2, 0) is 18.8 Å². The molecule has 0 bridgehead atoms. The summed E-state index contributed by atoms with van der Waals surface area (Å²) in [7, 11) is 3.17. The molecule has 0 N–H and O–H groups in total. The number of nitrogens with zero attached hydrogens (tertiary/aromatic N) is 7. The Morgan fingerprint density at radius 3 is 2.63 bits per heavy atom. The summed E-state index contributed by atoms with van der Waals surface area (Å²) in [4.78, 5) is 27.3. The van der Waals surface area contributed by atoms with Crippen molar-refractivity contribution in [2.75, 3.05) is 18.0 Å². The van der Waals surface area contributed by atoms with Gasteiger partial charge in [0.15, 0.2) is 5.52 Å². The first-order valence-electron chi connectivity index (χ1n) is 10.5. The molecule has 0 unspecified atom stereocenters. The zero-order valence-electron chi connectivity index (χ0n) is 18.8. The van der Waals surface area contributed by atoms with E-state index in [1.165, 1.54) is 39.5 Å². The van der Waals surface area contributed by atoms with Crippen molar-refractivity contribution in [2.45, 2.75) is 19.1 Å². The molecular formula is C22H19ClF3N7O2. The Labute approximate surface area is 201 Å². The van der Waals surface area contributed by atoms with Crippen LogP contribution in [0.25, 0.3) is 22.3 Å². The minimum absolute atomic E-state index is 0.00651. The lowest BCUT2D eigenvalue weighted by Gasteiger charge is -2.37. The van der Waals surface area contributed by atoms with Crippen LogP contribution in [0.1, 0.15) is 17.5 Å². The number of fused-ring (bicyclic) bond motifs is 1. The number of aryl methyl sites for hydroxylation is 2. The van der Waals surface area contributed by atoms with E-state index in [4.69, 9.17) is 16.3 Å². The molecule has 3 aromatic heterocycles. The molecule has 9 nitrogen and oxygen atoms in total. The van der Waals surface area contributed by atoms with Gasteiger partial charge in [-0.15, -0.1) is 0 Å². The van der Waals surface area contributed by atoms with Crippen molar-refractivity contribution in [3.05, 3.63) is 63.2 Å². The predicted molar refractivity (Wildman–Crippen MR) is 122 cm³/mol. The average Bonchev–Trinajstić information content (AvgIpc) is 3.23. The van der Waals surface area contributed by atoms with Crippen LogP contribution in [-0.4, -0.2) is 48.5 Å². The van der Waals surface area contributed by atoms with Gasteiger partial charge in [0.05, 0.1) is 12.7 Å². The molecule has 0 spiro atoms. The molecule has 35 heavy (non-hydrogen) atoms. The molecule has 1 aliphatic rings. The van der Waals surface area contributed by atoms with Crippen molar-refractivity contribution in [3.8, 4) is 11.3 Å². The van der Waals surface area contributed by atoms with Crippen LogP contribution in [0.2, 0.25) is 5.02 Å². The molecule has 5 rings (SSSR count). The first-order chi connectivity index (χ1) is 16.5. The Morgan fingerprint density at radius 2 is 1.94 bits per heavy atom. The third-order valence-electron chi connectivity index (χ3n) is 5.78. The van der Waals surface area contributed by atoms with Gasteiger partial charge in [0, 0.05) is 36.4 Å². The molecule has 0 amide bonds. The molecule has 13 heteroatoms. The smallest absolute Gasteiger partial charge is 0.329 e. The van der Waals surface area contributed by atoms with Crippen LogP contribution in [0, 0.1) is 12.7 Å². The molecule has 0 radical (unpaired) electrons. The maximum Gasteiger partial charge on any atom is 0.373 e. The number of hydrogen-bond acceptors (Lipinski definition) is 7. The fraction of sp³-hybridized carbons (Fsp3) is 0.318. The van der Waals surface area contributed by atoms with Gasteiger partial charge in [-0.2, -0.15) is 13.9 Å². The lowest BCUT2D eigenvalue weighted by atomic mass is 10.1. The van der Waals surface area contributed by atoms with E-state index in [0.717, 1.165) is 6.07 Å². The molecular weight excluding hydrogens is 487 g/mol. The highest BCUT2D eigenvalue weighted by atomic mass is 35.5. The van der Waals surface area contributed by atoms with E-state index < -0.39 is 30.1 Å². The quantitative estimate of drug-likeness (QED) is 0.421. The summed E-state index contributed by atoms with van der Waals surface area (Å²) < 4.78 is 51.9. The van der Waals surface area contributed by atoms with E-state index >= 15 is 0 Å². The van der Waals surface area contributed by atoms with Gasteiger partial charge in [-0.25, -0.2) is 19.3 Å². The first-order valence-corrected chi connectivity index (χ1v) is 10.9. The van der Waals surface area contributed by atoms with Crippen LogP contribution < -0.4 is 10.5 Å². The van der Waals surface area contributed by atoms with Crippen LogP contribution in [0.4, 0.5) is 19.1 Å². The number of ether oxygens (including phenoxy) is 1. The Bertz CT molecular complexity index is 1520. The second-order valence-corrected chi connectivity index (χ2v) is 8.72.